The van der Waals surface area contributed by atoms with Crippen LogP contribution in [0.1, 0.15) is 232 Å². The van der Waals surface area contributed by atoms with Crippen molar-refractivity contribution in [3.05, 3.63) is 134 Å². The van der Waals surface area contributed by atoms with Gasteiger partial charge in [-0.05, 0) is 96.3 Å². The van der Waals surface area contributed by atoms with Crippen LogP contribution in [0, 0.1) is 0 Å². The fourth-order valence-corrected chi connectivity index (χ4v) is 8.84. The Labute approximate surface area is 468 Å². The lowest BCUT2D eigenvalue weighted by Crippen LogP contribution is -2.45. The predicted octanol–water partition coefficient (Wildman–Crippen LogP) is 18.5. The molecular weight excluding hydrogens is 960 g/mol. The molecule has 1 amide bonds. The summed E-state index contributed by atoms with van der Waals surface area (Å²) in [5, 5.41) is 13.9. The number of unbranched alkanes of at least 4 members (excludes halogenated alkanes) is 21. The highest BCUT2D eigenvalue weighted by molar-refractivity contribution is 7.45. The van der Waals surface area contributed by atoms with Gasteiger partial charge in [0.15, 0.2) is 0 Å². The van der Waals surface area contributed by atoms with Crippen molar-refractivity contribution in [3.8, 4) is 0 Å². The number of phosphoric ester groups is 1. The molecule has 0 rings (SSSR count). The van der Waals surface area contributed by atoms with Crippen LogP contribution in [-0.4, -0.2) is 68.5 Å². The summed E-state index contributed by atoms with van der Waals surface area (Å²) in [6.45, 7) is 4.51. The Balaban J connectivity index is 4.28. The molecule has 0 spiro atoms. The SMILES string of the molecule is CC/C=C\C/C=C\C/C=C\C/C=C\C/C=C\C/C=C\C/C=C\C/C=C\C/C=C\C/C=C\CCCCCCC(=O)NC(COP(=O)([O-])OCC[N+](C)(C)C)C(O)/C=C/CCCCCCCCCCCCCCCCCCC. The first-order valence-electron chi connectivity index (χ1n) is 30.5. The van der Waals surface area contributed by atoms with Crippen molar-refractivity contribution < 1.29 is 32.9 Å². The first kappa shape index (κ1) is 72.6. The average molecular weight is 1080 g/mol. The lowest BCUT2D eigenvalue weighted by Gasteiger charge is -2.29. The van der Waals surface area contributed by atoms with Crippen LogP contribution in [0.15, 0.2) is 134 Å². The Morgan fingerprint density at radius 2 is 0.803 bits per heavy atom. The Morgan fingerprint density at radius 3 is 1.17 bits per heavy atom. The van der Waals surface area contributed by atoms with E-state index < -0.39 is 26.6 Å². The molecule has 0 aromatic heterocycles. The summed E-state index contributed by atoms with van der Waals surface area (Å²) >= 11 is 0. The van der Waals surface area contributed by atoms with E-state index in [4.69, 9.17) is 9.05 Å². The van der Waals surface area contributed by atoms with Gasteiger partial charge in [0.2, 0.25) is 5.91 Å². The number of aliphatic hydroxyl groups is 1. The fourth-order valence-electron chi connectivity index (χ4n) is 8.12. The molecule has 8 nitrogen and oxygen atoms in total. The number of quaternary nitrogens is 1. The highest BCUT2D eigenvalue weighted by atomic mass is 31.2. The normalized spacial score (nSPS) is 14.8. The summed E-state index contributed by atoms with van der Waals surface area (Å²) < 4.78 is 23.4. The molecule has 0 radical (unpaired) electrons. The van der Waals surface area contributed by atoms with Gasteiger partial charge in [-0.15, -0.1) is 0 Å². The smallest absolute Gasteiger partial charge is 0.268 e. The third-order valence-corrected chi connectivity index (χ3v) is 13.8. The van der Waals surface area contributed by atoms with E-state index in [9.17, 15) is 19.4 Å². The van der Waals surface area contributed by atoms with Crippen LogP contribution in [0.5, 0.6) is 0 Å². The molecule has 0 saturated carbocycles. The monoisotopic (exact) mass is 1070 g/mol. The fraction of sp³-hybridized carbons (Fsp3) is 0.657. The molecule has 0 fully saturated rings. The number of carbonyl (C=O) groups excluding carboxylic acids is 1. The van der Waals surface area contributed by atoms with Crippen LogP contribution < -0.4 is 10.2 Å². The summed E-state index contributed by atoms with van der Waals surface area (Å²) in [5.74, 6) is -0.226. The molecule has 0 saturated heterocycles. The minimum atomic E-state index is -4.62. The van der Waals surface area contributed by atoms with Crippen molar-refractivity contribution in [2.75, 3.05) is 40.9 Å². The summed E-state index contributed by atoms with van der Waals surface area (Å²) in [7, 11) is 1.23. The minimum absolute atomic E-state index is 0.0133. The Kier molecular flexibility index (Phi) is 53.9. The molecule has 0 bridgehead atoms. The van der Waals surface area contributed by atoms with Crippen LogP contribution in [-0.2, 0) is 18.4 Å². The van der Waals surface area contributed by atoms with Gasteiger partial charge in [0.05, 0.1) is 39.9 Å². The summed E-state index contributed by atoms with van der Waals surface area (Å²) in [6.07, 6.45) is 85.3. The summed E-state index contributed by atoms with van der Waals surface area (Å²) in [6, 6.07) is -0.911. The number of nitrogens with one attached hydrogen (secondary N) is 1. The molecule has 0 aromatic rings. The van der Waals surface area contributed by atoms with Gasteiger partial charge in [0.25, 0.3) is 7.82 Å². The lowest BCUT2D eigenvalue weighted by atomic mass is 10.0. The number of hydrogen-bond acceptors (Lipinski definition) is 6. The maximum absolute atomic E-state index is 13.0. The highest BCUT2D eigenvalue weighted by Gasteiger charge is 2.23. The first-order chi connectivity index (χ1) is 37.0. The van der Waals surface area contributed by atoms with Crippen LogP contribution in [0.4, 0.5) is 0 Å². The van der Waals surface area contributed by atoms with Crippen molar-refractivity contribution in [1.82, 2.24) is 5.32 Å². The maximum atomic E-state index is 13.0. The topological polar surface area (TPSA) is 108 Å². The maximum Gasteiger partial charge on any atom is 0.268 e. The quantitative estimate of drug-likeness (QED) is 0.0272. The summed E-state index contributed by atoms with van der Waals surface area (Å²) in [4.78, 5) is 25.5. The second-order valence-corrected chi connectivity index (χ2v) is 22.7. The number of phosphoric acid groups is 1. The highest BCUT2D eigenvalue weighted by Crippen LogP contribution is 2.38. The predicted molar refractivity (Wildman–Crippen MR) is 329 cm³/mol. The second-order valence-electron chi connectivity index (χ2n) is 21.3. The third-order valence-electron chi connectivity index (χ3n) is 12.9. The largest absolute Gasteiger partial charge is 0.756 e. The Hall–Kier alpha value is -3.36. The molecular formula is C67H115N2O6P. The zero-order chi connectivity index (χ0) is 55.6. The lowest BCUT2D eigenvalue weighted by molar-refractivity contribution is -0.870. The van der Waals surface area contributed by atoms with Gasteiger partial charge in [-0.2, -0.15) is 0 Å². The van der Waals surface area contributed by atoms with E-state index in [1.807, 2.05) is 27.2 Å². The van der Waals surface area contributed by atoms with Crippen molar-refractivity contribution in [3.63, 3.8) is 0 Å². The number of hydrogen-bond donors (Lipinski definition) is 2. The number of likely N-dealkylation sites (N-methyl/N-ethyl adjacent to an activating group) is 1. The average Bonchev–Trinajstić information content (AvgIpc) is 3.38. The molecule has 0 aliphatic carbocycles. The van der Waals surface area contributed by atoms with E-state index in [2.05, 4.69) is 141 Å². The standard InChI is InChI=1S/C67H115N2O6P/c1-6-8-10-12-14-16-18-20-22-24-26-27-28-29-30-31-32-33-34-35-36-37-38-39-40-41-43-45-47-49-51-53-55-57-59-61-67(71)68-65(64-75-76(72,73)74-63-62-69(3,4)5)66(70)60-58-56-54-52-50-48-46-44-42-25-23-21-19-17-15-13-11-9-7-2/h8,10,14,16,20,22,26-27,29-30,32-33,35-36,38-39,41,43,47,49,58,60,65-66,70H,6-7,9,11-13,15,17-19,21,23-25,28,31,34,37,40,42,44-46,48,50-57,59,61-64H2,1-5H3,(H-,68,71,72,73)/b10-8-,16-14-,22-20-,27-26-,30-29-,33-32-,36-35-,39-38-,43-41-,49-47-,60-58+. The molecule has 0 aromatic carbocycles. The van der Waals surface area contributed by atoms with E-state index in [0.717, 1.165) is 116 Å². The molecule has 0 aliphatic heterocycles. The molecule has 3 atom stereocenters. The first-order valence-corrected chi connectivity index (χ1v) is 32.0. The van der Waals surface area contributed by atoms with E-state index in [1.165, 1.54) is 96.3 Å². The van der Waals surface area contributed by atoms with Crippen LogP contribution in [0.2, 0.25) is 0 Å². The minimum Gasteiger partial charge on any atom is -0.756 e. The van der Waals surface area contributed by atoms with Crippen molar-refractivity contribution in [2.24, 2.45) is 0 Å². The molecule has 0 aliphatic rings. The molecule has 3 unspecified atom stereocenters. The Bertz CT molecular complexity index is 1700. The van der Waals surface area contributed by atoms with Gasteiger partial charge in [0.1, 0.15) is 13.2 Å². The zero-order valence-electron chi connectivity index (χ0n) is 49.4. The van der Waals surface area contributed by atoms with Gasteiger partial charge >= 0.3 is 0 Å². The van der Waals surface area contributed by atoms with Crippen molar-refractivity contribution in [2.45, 2.75) is 244 Å². The van der Waals surface area contributed by atoms with E-state index in [-0.39, 0.29) is 12.5 Å². The van der Waals surface area contributed by atoms with Gasteiger partial charge < -0.3 is 28.8 Å². The zero-order valence-corrected chi connectivity index (χ0v) is 50.3. The van der Waals surface area contributed by atoms with E-state index in [1.54, 1.807) is 6.08 Å². The molecule has 434 valence electrons. The van der Waals surface area contributed by atoms with Crippen molar-refractivity contribution in [1.29, 1.82) is 0 Å². The number of allylic oxidation sites excluding steroid dienone is 21. The second kappa shape index (κ2) is 56.4. The molecule has 76 heavy (non-hydrogen) atoms. The van der Waals surface area contributed by atoms with Gasteiger partial charge in [0, 0.05) is 6.42 Å². The number of aliphatic hydroxyl groups excluding tert-OH is 1. The van der Waals surface area contributed by atoms with Gasteiger partial charge in [-0.3, -0.25) is 9.36 Å². The van der Waals surface area contributed by atoms with Crippen LogP contribution in [0.3, 0.4) is 0 Å². The van der Waals surface area contributed by atoms with Crippen LogP contribution >= 0.6 is 7.82 Å². The third kappa shape index (κ3) is 58.3. The summed E-state index contributed by atoms with van der Waals surface area (Å²) in [5.41, 5.74) is 0. The molecule has 9 heteroatoms. The van der Waals surface area contributed by atoms with E-state index in [0.29, 0.717) is 17.4 Å². The van der Waals surface area contributed by atoms with Crippen molar-refractivity contribution >= 4 is 13.7 Å². The number of rotatable bonds is 54. The number of amides is 1. The number of carbonyl (C=O) groups is 1. The van der Waals surface area contributed by atoms with Gasteiger partial charge in [-0.25, -0.2) is 0 Å². The molecule has 0 heterocycles. The Morgan fingerprint density at radius 1 is 0.474 bits per heavy atom. The van der Waals surface area contributed by atoms with E-state index >= 15 is 0 Å². The van der Waals surface area contributed by atoms with Crippen LogP contribution in [0.25, 0.3) is 0 Å². The number of nitrogens with zero attached hydrogens (tertiary/aromatic N) is 1. The van der Waals surface area contributed by atoms with Gasteiger partial charge in [-0.1, -0.05) is 263 Å². The molecule has 2 N–H and O–H groups in total.